The van der Waals surface area contributed by atoms with Gasteiger partial charge in [-0.3, -0.25) is 0 Å². The van der Waals surface area contributed by atoms with E-state index in [-0.39, 0.29) is 12.1 Å². The Labute approximate surface area is 93.6 Å². The fraction of sp³-hybridized carbons (Fsp3) is 0.857. The van der Waals surface area contributed by atoms with Gasteiger partial charge in [0.1, 0.15) is 6.17 Å². The number of rotatable bonds is 6. The summed E-state index contributed by atoms with van der Waals surface area (Å²) in [5, 5.41) is 13.6. The summed E-state index contributed by atoms with van der Waals surface area (Å²) in [5.74, 6) is 0.0568. The van der Waals surface area contributed by atoms with Crippen LogP contribution < -0.4 is 22.9 Å². The summed E-state index contributed by atoms with van der Waals surface area (Å²) in [6.45, 7) is 0.734. The van der Waals surface area contributed by atoms with Crippen LogP contribution in [0.25, 0.3) is 0 Å². The number of hydrogen-bond acceptors (Lipinski definition) is 5. The molecule has 0 heterocycles. The third-order valence-electron chi connectivity index (χ3n) is 1.52. The minimum absolute atomic E-state index is 0.0568. The first kappa shape index (κ1) is 16.8. The molecule has 0 amide bonds. The van der Waals surface area contributed by atoms with Crippen molar-refractivity contribution in [1.29, 1.82) is 0 Å². The molecule has 0 aromatic carbocycles. The molecule has 1 atom stereocenters. The van der Waals surface area contributed by atoms with Gasteiger partial charge < -0.3 is 28.1 Å². The van der Waals surface area contributed by atoms with Gasteiger partial charge in [0.05, 0.1) is 0 Å². The first-order chi connectivity index (χ1) is 7.40. The van der Waals surface area contributed by atoms with E-state index >= 15 is 0 Å². The van der Waals surface area contributed by atoms with Crippen molar-refractivity contribution in [2.75, 3.05) is 6.54 Å². The lowest BCUT2D eigenvalue weighted by atomic mass is 10.2. The van der Waals surface area contributed by atoms with Gasteiger partial charge in [-0.15, -0.1) is 10.1 Å². The summed E-state index contributed by atoms with van der Waals surface area (Å²) in [6.07, 6.45) is 3.71. The summed E-state index contributed by atoms with van der Waals surface area (Å²) in [4.78, 5) is 12.2. The first-order valence-corrected chi connectivity index (χ1v) is 4.77. The van der Waals surface area contributed by atoms with E-state index < -0.39 is 5.09 Å². The highest BCUT2D eigenvalue weighted by Gasteiger charge is 1.98. The summed E-state index contributed by atoms with van der Waals surface area (Å²) >= 11 is 0. The zero-order chi connectivity index (χ0) is 13.0. The molecular weight excluding hydrogens is 216 g/mol. The molecule has 0 radical (unpaired) electrons. The standard InChI is InChI=1S/C7H19N5.HNO3/c8-5-3-1-2-4-6(9)12-7(10)11;2-1(3)4/h6H,1-5,8-9H2,(H4,10,11,12);(H,2,3,4). The van der Waals surface area contributed by atoms with Gasteiger partial charge in [-0.2, -0.15) is 0 Å². The van der Waals surface area contributed by atoms with Crippen LogP contribution in [-0.4, -0.2) is 29.0 Å². The second-order valence-electron chi connectivity index (χ2n) is 3.00. The molecule has 0 rings (SSSR count). The van der Waals surface area contributed by atoms with Gasteiger partial charge in [0.25, 0.3) is 5.09 Å². The van der Waals surface area contributed by atoms with E-state index in [1.54, 1.807) is 0 Å². The fourth-order valence-electron chi connectivity index (χ4n) is 0.931. The zero-order valence-corrected chi connectivity index (χ0v) is 9.08. The molecule has 9 heteroatoms. The van der Waals surface area contributed by atoms with Gasteiger partial charge in [-0.25, -0.2) is 4.99 Å². The molecule has 0 saturated heterocycles. The normalized spacial score (nSPS) is 10.9. The van der Waals surface area contributed by atoms with Crippen molar-refractivity contribution in [3.05, 3.63) is 10.1 Å². The number of nitrogens with two attached hydrogens (primary N) is 4. The minimum Gasteiger partial charge on any atom is -0.370 e. The Morgan fingerprint density at radius 1 is 1.38 bits per heavy atom. The highest BCUT2D eigenvalue weighted by Crippen LogP contribution is 2.01. The maximum atomic E-state index is 8.36. The summed E-state index contributed by atoms with van der Waals surface area (Å²) in [5.41, 5.74) is 21.2. The first-order valence-electron chi connectivity index (χ1n) is 4.77. The van der Waals surface area contributed by atoms with Crippen LogP contribution in [0, 0.1) is 10.1 Å². The van der Waals surface area contributed by atoms with Crippen LogP contribution >= 0.6 is 0 Å². The Kier molecular flexibility index (Phi) is 12.0. The topological polar surface area (TPSA) is 180 Å². The molecule has 0 aliphatic carbocycles. The molecule has 0 aromatic heterocycles. The maximum Gasteiger partial charge on any atom is 0.291 e. The second-order valence-corrected chi connectivity index (χ2v) is 3.00. The Balaban J connectivity index is 0. The molecule has 9 N–H and O–H groups in total. The Morgan fingerprint density at radius 3 is 2.25 bits per heavy atom. The van der Waals surface area contributed by atoms with E-state index in [4.69, 9.17) is 38.3 Å². The lowest BCUT2D eigenvalue weighted by molar-refractivity contribution is -0.742. The number of unbranched alkanes of at least 4 members (excludes halogenated alkanes) is 2. The van der Waals surface area contributed by atoms with Gasteiger partial charge in [-0.05, 0) is 25.8 Å². The zero-order valence-electron chi connectivity index (χ0n) is 9.08. The lowest BCUT2D eigenvalue weighted by Gasteiger charge is -2.05. The van der Waals surface area contributed by atoms with E-state index in [2.05, 4.69) is 4.99 Å². The van der Waals surface area contributed by atoms with Gasteiger partial charge in [-0.1, -0.05) is 6.42 Å². The van der Waals surface area contributed by atoms with Gasteiger partial charge >= 0.3 is 0 Å². The summed E-state index contributed by atoms with van der Waals surface area (Å²) < 4.78 is 0. The largest absolute Gasteiger partial charge is 0.370 e. The van der Waals surface area contributed by atoms with E-state index in [9.17, 15) is 0 Å². The van der Waals surface area contributed by atoms with Crippen LogP contribution in [0.5, 0.6) is 0 Å². The summed E-state index contributed by atoms with van der Waals surface area (Å²) in [7, 11) is 0. The molecule has 0 aromatic rings. The molecule has 0 aliphatic rings. The predicted octanol–water partition coefficient (Wildman–Crippen LogP) is -1.28. The van der Waals surface area contributed by atoms with E-state index in [0.29, 0.717) is 0 Å². The van der Waals surface area contributed by atoms with Crippen molar-refractivity contribution < 1.29 is 10.3 Å². The minimum atomic E-state index is -1.50. The molecular formula is C7H20N6O3. The van der Waals surface area contributed by atoms with Crippen molar-refractivity contribution >= 4 is 5.96 Å². The van der Waals surface area contributed by atoms with Crippen molar-refractivity contribution in [3.63, 3.8) is 0 Å². The van der Waals surface area contributed by atoms with Crippen LogP contribution in [0.1, 0.15) is 25.7 Å². The van der Waals surface area contributed by atoms with E-state index in [1.165, 1.54) is 0 Å². The van der Waals surface area contributed by atoms with Crippen molar-refractivity contribution in [2.45, 2.75) is 31.8 Å². The smallest absolute Gasteiger partial charge is 0.291 e. The van der Waals surface area contributed by atoms with Crippen LogP contribution in [-0.2, 0) is 0 Å². The Bertz CT molecular complexity index is 202. The Hall–Kier alpha value is -1.61. The predicted molar refractivity (Wildman–Crippen MR) is 60.1 cm³/mol. The maximum absolute atomic E-state index is 8.36. The number of hydrogen-bond donors (Lipinski definition) is 5. The average molecular weight is 236 g/mol. The number of nitrogens with zero attached hydrogens (tertiary/aromatic N) is 2. The van der Waals surface area contributed by atoms with Gasteiger partial charge in [0.15, 0.2) is 5.96 Å². The molecule has 0 spiro atoms. The summed E-state index contributed by atoms with van der Waals surface area (Å²) in [6, 6.07) is 0. The molecule has 16 heavy (non-hydrogen) atoms. The van der Waals surface area contributed by atoms with Crippen LogP contribution in [0.4, 0.5) is 0 Å². The number of aliphatic imine (C=N–C) groups is 1. The Morgan fingerprint density at radius 2 is 1.88 bits per heavy atom. The van der Waals surface area contributed by atoms with Crippen LogP contribution in [0.3, 0.4) is 0 Å². The van der Waals surface area contributed by atoms with E-state index in [0.717, 1.165) is 32.2 Å². The number of guanidine groups is 1. The van der Waals surface area contributed by atoms with Gasteiger partial charge in [0.2, 0.25) is 0 Å². The fourth-order valence-corrected chi connectivity index (χ4v) is 0.931. The molecule has 96 valence electrons. The average Bonchev–Trinajstić information content (AvgIpc) is 2.10. The van der Waals surface area contributed by atoms with E-state index in [1.807, 2.05) is 0 Å². The third-order valence-corrected chi connectivity index (χ3v) is 1.52. The molecule has 0 saturated carbocycles. The second kappa shape index (κ2) is 11.5. The van der Waals surface area contributed by atoms with Crippen LogP contribution in [0.15, 0.2) is 4.99 Å². The third kappa shape index (κ3) is 22.8. The highest BCUT2D eigenvalue weighted by molar-refractivity contribution is 5.75. The lowest BCUT2D eigenvalue weighted by Crippen LogP contribution is -2.28. The molecule has 9 nitrogen and oxygen atoms in total. The highest BCUT2D eigenvalue weighted by atomic mass is 16.9. The van der Waals surface area contributed by atoms with Crippen LogP contribution in [0.2, 0.25) is 0 Å². The molecule has 0 fully saturated rings. The van der Waals surface area contributed by atoms with Crippen molar-refractivity contribution in [1.82, 2.24) is 0 Å². The molecule has 1 unspecified atom stereocenters. The molecule has 0 bridgehead atoms. The quantitative estimate of drug-likeness (QED) is 0.125. The SMILES string of the molecule is NCCCCCC(N)N=C(N)N.O=[N+]([O-])O. The van der Waals surface area contributed by atoms with Crippen molar-refractivity contribution in [2.24, 2.45) is 27.9 Å². The van der Waals surface area contributed by atoms with Gasteiger partial charge in [0, 0.05) is 0 Å². The van der Waals surface area contributed by atoms with Crippen molar-refractivity contribution in [3.8, 4) is 0 Å². The molecule has 0 aliphatic heterocycles. The monoisotopic (exact) mass is 236 g/mol.